The third kappa shape index (κ3) is 4.98. The molecule has 184 valence electrons. The van der Waals surface area contributed by atoms with Gasteiger partial charge in [0.15, 0.2) is 11.6 Å². The molecule has 1 aromatic heterocycles. The first-order valence-electron chi connectivity index (χ1n) is 11.0. The first-order chi connectivity index (χ1) is 16.0. The lowest BCUT2D eigenvalue weighted by molar-refractivity contribution is -0.138. The number of carbonyl (C=O) groups is 1. The highest BCUT2D eigenvalue weighted by molar-refractivity contribution is 6.31. The van der Waals surface area contributed by atoms with E-state index in [1.807, 2.05) is 6.92 Å². The Labute approximate surface area is 199 Å². The van der Waals surface area contributed by atoms with Crippen molar-refractivity contribution in [1.82, 2.24) is 14.9 Å². The zero-order valence-electron chi connectivity index (χ0n) is 18.4. The summed E-state index contributed by atoms with van der Waals surface area (Å²) in [5.74, 6) is -0.896. The van der Waals surface area contributed by atoms with E-state index in [0.717, 1.165) is 12.1 Å². The summed E-state index contributed by atoms with van der Waals surface area (Å²) in [7, 11) is 0. The van der Waals surface area contributed by atoms with Gasteiger partial charge in [-0.05, 0) is 43.4 Å². The zero-order chi connectivity index (χ0) is 24.6. The average Bonchev–Trinajstić information content (AvgIpc) is 2.77. The van der Waals surface area contributed by atoms with E-state index in [0.29, 0.717) is 38.9 Å². The highest BCUT2D eigenvalue weighted by Crippen LogP contribution is 2.34. The van der Waals surface area contributed by atoms with Gasteiger partial charge < -0.3 is 20.9 Å². The van der Waals surface area contributed by atoms with Gasteiger partial charge in [-0.25, -0.2) is 9.97 Å². The second-order valence-corrected chi connectivity index (χ2v) is 9.21. The number of alkyl halides is 3. The normalized spacial score (nSPS) is 23.8. The fraction of sp³-hybridized carbons (Fsp3) is 0.500. The molecule has 7 nitrogen and oxygen atoms in total. The lowest BCUT2D eigenvalue weighted by Gasteiger charge is -2.46. The predicted molar refractivity (Wildman–Crippen MR) is 121 cm³/mol. The zero-order valence-corrected chi connectivity index (χ0v) is 19.2. The molecule has 0 radical (unpaired) electrons. The van der Waals surface area contributed by atoms with Crippen LogP contribution in [0.2, 0.25) is 5.02 Å². The first kappa shape index (κ1) is 24.3. The molecule has 2 aromatic rings. The maximum Gasteiger partial charge on any atom is 0.416 e. The van der Waals surface area contributed by atoms with Gasteiger partial charge in [0.25, 0.3) is 0 Å². The molecule has 3 N–H and O–H groups in total. The van der Waals surface area contributed by atoms with E-state index in [1.54, 1.807) is 9.80 Å². The number of hydrogen-bond donors (Lipinski definition) is 2. The fourth-order valence-corrected chi connectivity index (χ4v) is 4.88. The van der Waals surface area contributed by atoms with E-state index in [4.69, 9.17) is 17.3 Å². The molecule has 12 heteroatoms. The molecule has 1 aromatic carbocycles. The number of nitrogens with zero attached hydrogens (tertiary/aromatic N) is 4. The molecule has 0 aliphatic carbocycles. The number of halogens is 5. The van der Waals surface area contributed by atoms with Crippen molar-refractivity contribution in [3.05, 3.63) is 40.9 Å². The van der Waals surface area contributed by atoms with Crippen LogP contribution in [-0.4, -0.2) is 52.5 Å². The van der Waals surface area contributed by atoms with Crippen LogP contribution in [0.1, 0.15) is 31.7 Å². The minimum Gasteiger partial charge on any atom is -0.381 e. The van der Waals surface area contributed by atoms with E-state index in [1.165, 1.54) is 12.4 Å². The number of nitrogens with one attached hydrogen (secondary N) is 1. The van der Waals surface area contributed by atoms with Crippen LogP contribution < -0.4 is 16.0 Å². The second kappa shape index (κ2) is 9.44. The standard InChI is InChI=1S/C22H25ClF4N6O/c1-12-4-6-32(20-18(24)19(28)29-11-30-20)10-17(12)33-5-2-3-16(21(33)34)31-15-8-13(22(25,26)27)7-14(23)9-15/h7-9,11-12,16-17,31H,2-6,10H2,1H3,(H2,28,29,30)/t12?,16-,17+/m1/s1. The van der Waals surface area contributed by atoms with Crippen LogP contribution in [0.25, 0.3) is 0 Å². The quantitative estimate of drug-likeness (QED) is 0.612. The molecule has 2 saturated heterocycles. The third-order valence-corrected chi connectivity index (χ3v) is 6.67. The van der Waals surface area contributed by atoms with Crippen molar-refractivity contribution in [3.63, 3.8) is 0 Å². The van der Waals surface area contributed by atoms with Crippen molar-refractivity contribution in [2.75, 3.05) is 35.6 Å². The number of hydrogen-bond acceptors (Lipinski definition) is 6. The highest BCUT2D eigenvalue weighted by atomic mass is 35.5. The van der Waals surface area contributed by atoms with E-state index in [-0.39, 0.29) is 40.2 Å². The van der Waals surface area contributed by atoms with Crippen LogP contribution in [0.15, 0.2) is 24.5 Å². The van der Waals surface area contributed by atoms with Crippen molar-refractivity contribution >= 4 is 34.8 Å². The monoisotopic (exact) mass is 500 g/mol. The predicted octanol–water partition coefficient (Wildman–Crippen LogP) is 4.19. The molecule has 1 unspecified atom stereocenters. The lowest BCUT2D eigenvalue weighted by atomic mass is 9.89. The van der Waals surface area contributed by atoms with Crippen LogP contribution in [0.3, 0.4) is 0 Å². The van der Waals surface area contributed by atoms with Crippen LogP contribution in [0.4, 0.5) is 34.9 Å². The van der Waals surface area contributed by atoms with Gasteiger partial charge in [0.2, 0.25) is 11.7 Å². The number of carbonyl (C=O) groups excluding carboxylic acids is 1. The maximum absolute atomic E-state index is 14.5. The summed E-state index contributed by atoms with van der Waals surface area (Å²) in [5.41, 5.74) is 4.84. The van der Waals surface area contributed by atoms with Gasteiger partial charge in [-0.3, -0.25) is 4.79 Å². The molecule has 4 rings (SSSR count). The largest absolute Gasteiger partial charge is 0.416 e. The molecule has 0 saturated carbocycles. The van der Waals surface area contributed by atoms with E-state index in [2.05, 4.69) is 15.3 Å². The minimum absolute atomic E-state index is 0.0693. The Morgan fingerprint density at radius 1 is 1.18 bits per heavy atom. The molecular weight excluding hydrogens is 476 g/mol. The number of likely N-dealkylation sites (tertiary alicyclic amines) is 1. The van der Waals surface area contributed by atoms with Gasteiger partial charge in [0.1, 0.15) is 12.4 Å². The van der Waals surface area contributed by atoms with Gasteiger partial charge in [0, 0.05) is 30.3 Å². The van der Waals surface area contributed by atoms with Crippen molar-refractivity contribution < 1.29 is 22.4 Å². The molecule has 0 spiro atoms. The van der Waals surface area contributed by atoms with Crippen molar-refractivity contribution in [3.8, 4) is 0 Å². The fourth-order valence-electron chi connectivity index (χ4n) is 4.64. The molecule has 2 aliphatic heterocycles. The molecule has 3 atom stereocenters. The van der Waals surface area contributed by atoms with Crippen LogP contribution in [0, 0.1) is 11.7 Å². The molecule has 1 amide bonds. The number of benzene rings is 1. The van der Waals surface area contributed by atoms with Crippen LogP contribution >= 0.6 is 11.6 Å². The Morgan fingerprint density at radius 2 is 1.94 bits per heavy atom. The Hall–Kier alpha value is -2.82. The number of piperidine rings is 2. The van der Waals surface area contributed by atoms with Crippen molar-refractivity contribution in [2.45, 2.75) is 44.4 Å². The molecule has 34 heavy (non-hydrogen) atoms. The smallest absolute Gasteiger partial charge is 0.381 e. The highest BCUT2D eigenvalue weighted by Gasteiger charge is 2.39. The van der Waals surface area contributed by atoms with Gasteiger partial charge >= 0.3 is 6.18 Å². The third-order valence-electron chi connectivity index (χ3n) is 6.46. The van der Waals surface area contributed by atoms with Crippen molar-refractivity contribution in [2.24, 2.45) is 5.92 Å². The summed E-state index contributed by atoms with van der Waals surface area (Å²) in [6, 6.07) is 2.26. The number of anilines is 3. The summed E-state index contributed by atoms with van der Waals surface area (Å²) in [6.07, 6.45) is -1.49. The maximum atomic E-state index is 14.5. The molecule has 0 bridgehead atoms. The second-order valence-electron chi connectivity index (χ2n) is 8.77. The van der Waals surface area contributed by atoms with Gasteiger partial charge in [-0.15, -0.1) is 0 Å². The summed E-state index contributed by atoms with van der Waals surface area (Å²) in [6.45, 7) is 3.46. The number of nitrogens with two attached hydrogens (primary N) is 1. The van der Waals surface area contributed by atoms with E-state index in [9.17, 15) is 22.4 Å². The Balaban J connectivity index is 1.52. The Bertz CT molecular complexity index is 1070. The van der Waals surface area contributed by atoms with E-state index < -0.39 is 23.6 Å². The van der Waals surface area contributed by atoms with Gasteiger partial charge in [0.05, 0.1) is 11.6 Å². The first-order valence-corrected chi connectivity index (χ1v) is 11.4. The molecular formula is C22H25ClF4N6O. The summed E-state index contributed by atoms with van der Waals surface area (Å²) in [5, 5.41) is 2.87. The molecule has 2 aliphatic rings. The topological polar surface area (TPSA) is 87.4 Å². The van der Waals surface area contributed by atoms with Gasteiger partial charge in [-0.1, -0.05) is 18.5 Å². The summed E-state index contributed by atoms with van der Waals surface area (Å²) < 4.78 is 54.0. The number of amides is 1. The number of rotatable bonds is 4. The SMILES string of the molecule is CC1CCN(c2ncnc(N)c2F)C[C@@H]1N1CCC[C@@H](Nc2cc(Cl)cc(C(F)(F)F)c2)C1=O. The lowest BCUT2D eigenvalue weighted by Crippen LogP contribution is -2.59. The Kier molecular flexibility index (Phi) is 6.75. The summed E-state index contributed by atoms with van der Waals surface area (Å²) >= 11 is 5.89. The number of aromatic nitrogens is 2. The molecule has 3 heterocycles. The van der Waals surface area contributed by atoms with Crippen LogP contribution in [-0.2, 0) is 11.0 Å². The minimum atomic E-state index is -4.55. The summed E-state index contributed by atoms with van der Waals surface area (Å²) in [4.78, 5) is 24.6. The number of nitrogen functional groups attached to an aromatic ring is 1. The van der Waals surface area contributed by atoms with Crippen molar-refractivity contribution in [1.29, 1.82) is 0 Å². The molecule has 2 fully saturated rings. The average molecular weight is 501 g/mol. The van der Waals surface area contributed by atoms with Crippen LogP contribution in [0.5, 0.6) is 0 Å². The Morgan fingerprint density at radius 3 is 2.68 bits per heavy atom. The van der Waals surface area contributed by atoms with E-state index >= 15 is 0 Å². The van der Waals surface area contributed by atoms with Gasteiger partial charge in [-0.2, -0.15) is 17.6 Å².